The second-order valence-electron chi connectivity index (χ2n) is 21.5. The predicted octanol–water partition coefficient (Wildman–Crippen LogP) is 19.8. The van der Waals surface area contributed by atoms with E-state index < -0.39 is 5.41 Å². The van der Waals surface area contributed by atoms with Crippen molar-refractivity contribution in [2.24, 2.45) is 0 Å². The maximum atomic E-state index is 2.58. The second kappa shape index (κ2) is 15.6. The molecule has 0 bridgehead atoms. The maximum absolute atomic E-state index is 2.58. The van der Waals surface area contributed by atoms with Crippen LogP contribution in [0.4, 0.5) is 17.1 Å². The molecule has 0 fully saturated rings. The summed E-state index contributed by atoms with van der Waals surface area (Å²) in [4.78, 5) is 2.56. The molecule has 13 aromatic carbocycles. The summed E-state index contributed by atoms with van der Waals surface area (Å²) in [6.07, 6.45) is 0. The van der Waals surface area contributed by atoms with Gasteiger partial charge < -0.3 is 4.90 Å². The Balaban J connectivity index is 0.996. The minimum atomic E-state index is -0.528. The topological polar surface area (TPSA) is 3.24 Å². The largest absolute Gasteiger partial charge is 0.310 e. The highest BCUT2D eigenvalue weighted by Crippen LogP contribution is 2.64. The Morgan fingerprint density at radius 1 is 0.253 bits per heavy atom. The van der Waals surface area contributed by atoms with Crippen LogP contribution in [0, 0.1) is 0 Å². The van der Waals surface area contributed by atoms with E-state index in [0.29, 0.717) is 0 Å². The van der Waals surface area contributed by atoms with Crippen LogP contribution in [-0.4, -0.2) is 0 Å². The zero-order valence-corrected chi connectivity index (χ0v) is 41.8. The van der Waals surface area contributed by atoms with Crippen LogP contribution in [0.5, 0.6) is 0 Å². The first-order valence-electron chi connectivity index (χ1n) is 26.4. The Bertz CT molecular complexity index is 4480. The van der Waals surface area contributed by atoms with Crippen molar-refractivity contribution in [3.8, 4) is 55.6 Å². The molecule has 0 aromatic heterocycles. The zero-order chi connectivity index (χ0) is 49.6. The van der Waals surface area contributed by atoms with E-state index >= 15 is 0 Å². The normalized spacial score (nSPS) is 13.9. The van der Waals surface area contributed by atoms with Gasteiger partial charge in [-0.05, 0) is 169 Å². The average molecular weight is 952 g/mol. The summed E-state index contributed by atoms with van der Waals surface area (Å²) in [5.41, 5.74) is 23.5. The summed E-state index contributed by atoms with van der Waals surface area (Å²) in [6.45, 7) is 4.71. The number of benzene rings is 13. The van der Waals surface area contributed by atoms with Gasteiger partial charge in [0.05, 0.1) is 11.1 Å². The van der Waals surface area contributed by atoms with Crippen molar-refractivity contribution in [2.75, 3.05) is 4.90 Å². The number of rotatable bonds is 5. The number of hydrogen-bond donors (Lipinski definition) is 0. The van der Waals surface area contributed by atoms with Gasteiger partial charge in [0, 0.05) is 22.4 Å². The van der Waals surface area contributed by atoms with Gasteiger partial charge in [-0.15, -0.1) is 0 Å². The Hall–Kier alpha value is -9.30. The fourth-order valence-electron chi connectivity index (χ4n) is 14.2. The molecule has 3 aliphatic carbocycles. The third-order valence-electron chi connectivity index (χ3n) is 17.5. The van der Waals surface area contributed by atoms with Crippen LogP contribution in [-0.2, 0) is 10.8 Å². The molecular formula is C74H49N. The van der Waals surface area contributed by atoms with Crippen molar-refractivity contribution >= 4 is 60.2 Å². The molecule has 0 unspecified atom stereocenters. The summed E-state index contributed by atoms with van der Waals surface area (Å²) < 4.78 is 0. The molecule has 13 aromatic rings. The number of hydrogen-bond acceptors (Lipinski definition) is 1. The lowest BCUT2D eigenvalue weighted by Crippen LogP contribution is -2.26. The fourth-order valence-corrected chi connectivity index (χ4v) is 14.2. The van der Waals surface area contributed by atoms with Crippen LogP contribution in [0.25, 0.3) is 98.7 Å². The van der Waals surface area contributed by atoms with Crippen LogP contribution in [0.15, 0.2) is 261 Å². The predicted molar refractivity (Wildman–Crippen MR) is 316 cm³/mol. The van der Waals surface area contributed by atoms with E-state index in [1.54, 1.807) is 0 Å². The van der Waals surface area contributed by atoms with Gasteiger partial charge in [0.2, 0.25) is 0 Å². The standard InChI is InChI=1S/C74H49N/c1-73(2)66-30-13-9-27-60(66)63-42-48(36-41-67(63)73)46-34-37-49(38-35-46)75(50-39-40-57-55-23-6-5-21-53(55)54-22-7-8-24-56(54)62(57)43-50)72-45-71-64(44-65(72)52-29-17-19-47-18-3-4-20-51(47)52)61-28-12-16-33-70(61)74(71)68-31-14-10-25-58(68)59-26-11-15-32-69(59)74/h3-45H,1-2H3. The number of nitrogens with zero attached hydrogens (tertiary/aromatic N) is 1. The third-order valence-corrected chi connectivity index (χ3v) is 17.5. The molecule has 0 saturated heterocycles. The molecule has 0 heterocycles. The summed E-state index contributed by atoms with van der Waals surface area (Å²) in [5, 5.41) is 9.99. The van der Waals surface area contributed by atoms with E-state index in [4.69, 9.17) is 0 Å². The molecule has 350 valence electrons. The molecule has 0 saturated carbocycles. The molecule has 0 N–H and O–H groups in total. The molecule has 75 heavy (non-hydrogen) atoms. The van der Waals surface area contributed by atoms with Crippen molar-refractivity contribution in [1.29, 1.82) is 0 Å². The van der Waals surface area contributed by atoms with E-state index in [1.807, 2.05) is 0 Å². The Kier molecular flexibility index (Phi) is 8.79. The minimum absolute atomic E-state index is 0.0491. The van der Waals surface area contributed by atoms with Gasteiger partial charge in [-0.3, -0.25) is 0 Å². The van der Waals surface area contributed by atoms with Crippen molar-refractivity contribution in [2.45, 2.75) is 24.7 Å². The van der Waals surface area contributed by atoms with Gasteiger partial charge >= 0.3 is 0 Å². The molecule has 1 nitrogen and oxygen atoms in total. The van der Waals surface area contributed by atoms with E-state index in [9.17, 15) is 0 Å². The van der Waals surface area contributed by atoms with E-state index in [0.717, 1.165) is 17.1 Å². The first kappa shape index (κ1) is 42.2. The Morgan fingerprint density at radius 2 is 0.693 bits per heavy atom. The molecule has 3 aliphatic rings. The Labute approximate surface area is 437 Å². The summed E-state index contributed by atoms with van der Waals surface area (Å²) >= 11 is 0. The maximum Gasteiger partial charge on any atom is 0.0726 e. The molecule has 1 heteroatoms. The van der Waals surface area contributed by atoms with E-state index in [1.165, 1.54) is 132 Å². The van der Waals surface area contributed by atoms with Crippen molar-refractivity contribution in [3.63, 3.8) is 0 Å². The highest BCUT2D eigenvalue weighted by molar-refractivity contribution is 6.26. The highest BCUT2D eigenvalue weighted by atomic mass is 15.1. The lowest BCUT2D eigenvalue weighted by molar-refractivity contribution is 0.660. The number of fused-ring (bicyclic) bond motifs is 20. The summed E-state index contributed by atoms with van der Waals surface area (Å²) in [5.74, 6) is 0. The SMILES string of the molecule is CC1(C)c2ccccc2-c2cc(-c3ccc(N(c4ccc5c6ccccc6c6ccccc6c5c4)c4cc5c(cc4-c4cccc6ccccc46)-c4ccccc4C54c5ccccc5-c5ccccc54)cc3)ccc21. The second-order valence-corrected chi connectivity index (χ2v) is 21.5. The number of anilines is 3. The van der Waals surface area contributed by atoms with Crippen LogP contribution in [0.2, 0.25) is 0 Å². The minimum Gasteiger partial charge on any atom is -0.310 e. The summed E-state index contributed by atoms with van der Waals surface area (Å²) in [7, 11) is 0. The van der Waals surface area contributed by atoms with Crippen LogP contribution in [0.3, 0.4) is 0 Å². The lowest BCUT2D eigenvalue weighted by Gasteiger charge is -2.33. The fraction of sp³-hybridized carbons (Fsp3) is 0.0541. The van der Waals surface area contributed by atoms with Crippen molar-refractivity contribution < 1.29 is 0 Å². The molecular weight excluding hydrogens is 903 g/mol. The summed E-state index contributed by atoms with van der Waals surface area (Å²) in [6, 6.07) is 98.8. The monoisotopic (exact) mass is 951 g/mol. The van der Waals surface area contributed by atoms with Gasteiger partial charge in [-0.1, -0.05) is 232 Å². The molecule has 0 aliphatic heterocycles. The third kappa shape index (κ3) is 5.78. The Morgan fingerprint density at radius 3 is 1.33 bits per heavy atom. The molecule has 0 radical (unpaired) electrons. The van der Waals surface area contributed by atoms with E-state index in [2.05, 4.69) is 280 Å². The molecule has 16 rings (SSSR count). The van der Waals surface area contributed by atoms with Gasteiger partial charge in [0.1, 0.15) is 0 Å². The van der Waals surface area contributed by atoms with Gasteiger partial charge in [0.25, 0.3) is 0 Å². The molecule has 0 atom stereocenters. The highest BCUT2D eigenvalue weighted by Gasteiger charge is 2.52. The van der Waals surface area contributed by atoms with Gasteiger partial charge in [-0.2, -0.15) is 0 Å². The van der Waals surface area contributed by atoms with Crippen LogP contribution < -0.4 is 4.90 Å². The zero-order valence-electron chi connectivity index (χ0n) is 41.8. The van der Waals surface area contributed by atoms with Crippen molar-refractivity contribution in [3.05, 3.63) is 294 Å². The van der Waals surface area contributed by atoms with E-state index in [-0.39, 0.29) is 5.41 Å². The van der Waals surface area contributed by atoms with Gasteiger partial charge in [-0.25, -0.2) is 0 Å². The average Bonchev–Trinajstić information content (AvgIpc) is 4.21. The van der Waals surface area contributed by atoms with Crippen LogP contribution >= 0.6 is 0 Å². The lowest BCUT2D eigenvalue weighted by atomic mass is 9.70. The van der Waals surface area contributed by atoms with Crippen LogP contribution in [0.1, 0.15) is 47.2 Å². The quantitative estimate of drug-likeness (QED) is 0.155. The molecule has 1 spiro atoms. The van der Waals surface area contributed by atoms with Crippen molar-refractivity contribution in [1.82, 2.24) is 0 Å². The van der Waals surface area contributed by atoms with Gasteiger partial charge in [0.15, 0.2) is 0 Å². The first-order chi connectivity index (χ1) is 37.0. The first-order valence-corrected chi connectivity index (χ1v) is 26.4. The smallest absolute Gasteiger partial charge is 0.0726 e. The molecule has 0 amide bonds.